The molecule has 0 aliphatic rings. The fourth-order valence-electron chi connectivity index (χ4n) is 0.0289. The summed E-state index contributed by atoms with van der Waals surface area (Å²) in [5, 5.41) is 0. The van der Waals surface area contributed by atoms with Gasteiger partial charge in [-0.05, 0) is 0 Å². The van der Waals surface area contributed by atoms with Gasteiger partial charge in [0.15, 0.2) is 8.46 Å². The Kier molecular flexibility index (Phi) is 3.76. The molecule has 0 aliphatic heterocycles. The maximum atomic E-state index is 9.95. The van der Waals surface area contributed by atoms with Crippen LogP contribution in [0.4, 0.5) is 0 Å². The van der Waals surface area contributed by atoms with E-state index >= 15 is 0 Å². The number of rotatable bonds is 2. The van der Waals surface area contributed by atoms with Gasteiger partial charge in [-0.2, -0.15) is 12.6 Å². The maximum Gasteiger partial charge on any atom is 0.184 e. The van der Waals surface area contributed by atoms with Gasteiger partial charge < -0.3 is 0 Å². The van der Waals surface area contributed by atoms with Crippen LogP contribution < -0.4 is 0 Å². The van der Waals surface area contributed by atoms with Crippen molar-refractivity contribution in [2.75, 3.05) is 5.75 Å². The van der Waals surface area contributed by atoms with Gasteiger partial charge in [-0.25, -0.2) is 0 Å². The zero-order valence-corrected chi connectivity index (χ0v) is 6.98. The van der Waals surface area contributed by atoms with Gasteiger partial charge in [0, 0.05) is 5.75 Å². The normalized spacial score (nSPS) is 12.4. The van der Waals surface area contributed by atoms with Crippen LogP contribution in [-0.2, 0) is 4.57 Å². The topological polar surface area (TPSA) is 17.1 Å². The molecule has 0 saturated carbocycles. The fraction of sp³-hybridized carbons (Fsp3) is 1.00. The monoisotopic (exact) mass is 172 g/mol. The van der Waals surface area contributed by atoms with Gasteiger partial charge in [-0.15, -0.1) is 25.3 Å². The molecule has 42 valence electrons. The van der Waals surface area contributed by atoms with Crippen LogP contribution in [0.3, 0.4) is 0 Å². The van der Waals surface area contributed by atoms with Crippen LogP contribution in [0.25, 0.3) is 0 Å². The summed E-state index contributed by atoms with van der Waals surface area (Å²) in [6.07, 6.45) is 0. The van der Waals surface area contributed by atoms with Crippen molar-refractivity contribution in [2.45, 2.75) is 3.82 Å². The Labute approximate surface area is 60.7 Å². The van der Waals surface area contributed by atoms with E-state index in [1.165, 1.54) is 0 Å². The molecule has 0 radical (unpaired) electrons. The molecule has 7 heavy (non-hydrogen) atoms. The molecule has 0 saturated heterocycles. The molecule has 0 atom stereocenters. The second-order valence-corrected chi connectivity index (χ2v) is 4.87. The largest absolute Gasteiger partial charge is 0.272 e. The van der Waals surface area contributed by atoms with E-state index in [4.69, 9.17) is 0 Å². The van der Waals surface area contributed by atoms with Gasteiger partial charge >= 0.3 is 0 Å². The van der Waals surface area contributed by atoms with E-state index in [9.17, 15) is 4.57 Å². The third-order valence-electron chi connectivity index (χ3n) is 0.358. The second-order valence-electron chi connectivity index (χ2n) is 1.02. The molecule has 0 spiro atoms. The smallest absolute Gasteiger partial charge is 0.184 e. The number of hydrogen-bond donors (Lipinski definition) is 3. The summed E-state index contributed by atoms with van der Waals surface area (Å²) in [5.74, 6) is 0.393. The van der Waals surface area contributed by atoms with Crippen molar-refractivity contribution in [3.8, 4) is 0 Å². The van der Waals surface area contributed by atoms with Gasteiger partial charge in [0.2, 0.25) is 0 Å². The van der Waals surface area contributed by atoms with Crippen molar-refractivity contribution >= 4 is 46.3 Å². The van der Waals surface area contributed by atoms with Gasteiger partial charge in [0.25, 0.3) is 0 Å². The Bertz CT molecular complexity index is 73.3. The minimum atomic E-state index is -0.747. The lowest BCUT2D eigenvalue weighted by atomic mass is 10.9. The third kappa shape index (κ3) is 3.71. The number of thiol groups is 3. The molecular formula is C2H5OPS3. The molecule has 0 aromatic rings. The standard InChI is InChI=1S/C2H5OPS3/c3-4-2(6,7)1-5/h5-7H,1H2. The molecule has 0 fully saturated rings. The first-order valence-electron chi connectivity index (χ1n) is 1.52. The van der Waals surface area contributed by atoms with Gasteiger partial charge in [0.05, 0.1) is 0 Å². The van der Waals surface area contributed by atoms with E-state index in [0.717, 1.165) is 0 Å². The minimum Gasteiger partial charge on any atom is -0.272 e. The highest BCUT2D eigenvalue weighted by atomic mass is 32.2. The average molecular weight is 172 g/mol. The summed E-state index contributed by atoms with van der Waals surface area (Å²) >= 11 is 11.5. The first kappa shape index (κ1) is 8.15. The molecule has 0 unspecified atom stereocenters. The molecule has 5 heteroatoms. The Hall–Kier alpha value is 1.15. The van der Waals surface area contributed by atoms with Gasteiger partial charge in [-0.3, -0.25) is 4.57 Å². The molecule has 0 heterocycles. The first-order valence-corrected chi connectivity index (χ1v) is 3.86. The van der Waals surface area contributed by atoms with Crippen LogP contribution in [0.2, 0.25) is 0 Å². The lowest BCUT2D eigenvalue weighted by Crippen LogP contribution is -2.02. The SMILES string of the molecule is O=PC(S)(S)CS. The lowest BCUT2D eigenvalue weighted by Gasteiger charge is -2.06. The molecule has 0 rings (SSSR count). The predicted molar refractivity (Wildman–Crippen MR) is 42.2 cm³/mol. The summed E-state index contributed by atoms with van der Waals surface area (Å²) in [6.45, 7) is 0. The van der Waals surface area contributed by atoms with Gasteiger partial charge in [0.1, 0.15) is 3.82 Å². The maximum absolute atomic E-state index is 9.95. The summed E-state index contributed by atoms with van der Waals surface area (Å²) in [5.41, 5.74) is 0. The predicted octanol–water partition coefficient (Wildman–Crippen LogP) is 1.72. The van der Waals surface area contributed by atoms with Crippen LogP contribution in [0.1, 0.15) is 0 Å². The molecule has 0 bridgehead atoms. The Balaban J connectivity index is 3.58. The van der Waals surface area contributed by atoms with Crippen LogP contribution in [0.15, 0.2) is 0 Å². The van der Waals surface area contributed by atoms with Crippen LogP contribution in [0.5, 0.6) is 0 Å². The van der Waals surface area contributed by atoms with Crippen molar-refractivity contribution < 1.29 is 4.57 Å². The molecule has 0 amide bonds. The first-order chi connectivity index (χ1) is 3.12. The van der Waals surface area contributed by atoms with Crippen LogP contribution in [0, 0.1) is 0 Å². The second kappa shape index (κ2) is 3.23. The summed E-state index contributed by atoms with van der Waals surface area (Å²) in [7, 11) is -0.0922. The van der Waals surface area contributed by atoms with Crippen molar-refractivity contribution in [3.63, 3.8) is 0 Å². The third-order valence-corrected chi connectivity index (χ3v) is 2.84. The zero-order chi connectivity index (χ0) is 5.91. The quantitative estimate of drug-likeness (QED) is 0.328. The van der Waals surface area contributed by atoms with Gasteiger partial charge in [-0.1, -0.05) is 0 Å². The highest BCUT2D eigenvalue weighted by molar-refractivity contribution is 8.08. The van der Waals surface area contributed by atoms with Crippen molar-refractivity contribution in [1.29, 1.82) is 0 Å². The highest BCUT2D eigenvalue weighted by Gasteiger charge is 2.16. The van der Waals surface area contributed by atoms with Crippen molar-refractivity contribution in [1.82, 2.24) is 0 Å². The molecule has 0 aromatic heterocycles. The summed E-state index contributed by atoms with van der Waals surface area (Å²) < 4.78 is 9.21. The van der Waals surface area contributed by atoms with E-state index in [1.54, 1.807) is 0 Å². The molecule has 1 nitrogen and oxygen atoms in total. The number of hydrogen-bond acceptors (Lipinski definition) is 4. The van der Waals surface area contributed by atoms with Crippen LogP contribution in [-0.4, -0.2) is 9.57 Å². The van der Waals surface area contributed by atoms with E-state index in [0.29, 0.717) is 5.75 Å². The lowest BCUT2D eigenvalue weighted by molar-refractivity contribution is 0.597. The van der Waals surface area contributed by atoms with Crippen molar-refractivity contribution in [3.05, 3.63) is 0 Å². The van der Waals surface area contributed by atoms with E-state index in [-0.39, 0.29) is 8.46 Å². The fourth-order valence-corrected chi connectivity index (χ4v) is 0.260. The molecule has 0 aromatic carbocycles. The van der Waals surface area contributed by atoms with Crippen LogP contribution >= 0.6 is 46.3 Å². The summed E-state index contributed by atoms with van der Waals surface area (Å²) in [6, 6.07) is 0. The minimum absolute atomic E-state index is 0.0922. The van der Waals surface area contributed by atoms with E-state index in [1.807, 2.05) is 0 Å². The molecular weight excluding hydrogens is 167 g/mol. The Morgan fingerprint density at radius 1 is 1.57 bits per heavy atom. The van der Waals surface area contributed by atoms with Crippen molar-refractivity contribution in [2.24, 2.45) is 0 Å². The molecule has 0 aliphatic carbocycles. The molecule has 0 N–H and O–H groups in total. The Morgan fingerprint density at radius 3 is 2.00 bits per heavy atom. The average Bonchev–Trinajstić information content (AvgIpc) is 1.68. The van der Waals surface area contributed by atoms with E-state index in [2.05, 4.69) is 37.9 Å². The highest BCUT2D eigenvalue weighted by Crippen LogP contribution is 2.32. The van der Waals surface area contributed by atoms with E-state index < -0.39 is 3.82 Å². The summed E-state index contributed by atoms with van der Waals surface area (Å²) in [4.78, 5) is 0. The zero-order valence-electron chi connectivity index (χ0n) is 3.40. The Morgan fingerprint density at radius 2 is 2.00 bits per heavy atom.